The first-order chi connectivity index (χ1) is 15.5. The lowest BCUT2D eigenvalue weighted by Crippen LogP contribution is -2.07. The summed E-state index contributed by atoms with van der Waals surface area (Å²) in [5.74, 6) is -6.94. The van der Waals surface area contributed by atoms with Gasteiger partial charge in [-0.1, -0.05) is 6.07 Å². The minimum atomic E-state index is -1.44. The highest BCUT2D eigenvalue weighted by atomic mass is 16.4. The summed E-state index contributed by atoms with van der Waals surface area (Å²) < 4.78 is 0. The second-order valence-electron chi connectivity index (χ2n) is 6.81. The Balaban J connectivity index is 2.39. The molecule has 3 aromatic rings. The maximum absolute atomic E-state index is 11.8. The Morgan fingerprint density at radius 2 is 0.788 bits per heavy atom. The molecular weight excluding hydrogens is 436 g/mol. The third-order valence-electron chi connectivity index (χ3n) is 4.85. The molecular formula is C23H14O10. The number of hydrogen-bond donors (Lipinski definition) is 5. The molecule has 0 aromatic heterocycles. The van der Waals surface area contributed by atoms with Crippen molar-refractivity contribution in [1.29, 1.82) is 0 Å². The van der Waals surface area contributed by atoms with Gasteiger partial charge in [-0.2, -0.15) is 0 Å². The summed E-state index contributed by atoms with van der Waals surface area (Å²) in [6.45, 7) is 0. The van der Waals surface area contributed by atoms with Crippen LogP contribution in [0, 0.1) is 0 Å². The second kappa shape index (κ2) is 8.63. The summed E-state index contributed by atoms with van der Waals surface area (Å²) in [7, 11) is 0. The van der Waals surface area contributed by atoms with Crippen LogP contribution in [0.2, 0.25) is 0 Å². The molecule has 33 heavy (non-hydrogen) atoms. The first-order valence-corrected chi connectivity index (χ1v) is 9.10. The molecule has 166 valence electrons. The normalized spacial score (nSPS) is 10.4. The van der Waals surface area contributed by atoms with E-state index in [0.717, 1.165) is 42.5 Å². The van der Waals surface area contributed by atoms with Crippen molar-refractivity contribution in [2.75, 3.05) is 0 Å². The molecule has 0 atom stereocenters. The molecule has 0 fully saturated rings. The fourth-order valence-corrected chi connectivity index (χ4v) is 3.31. The van der Waals surface area contributed by atoms with Crippen molar-refractivity contribution in [3.8, 4) is 22.3 Å². The molecule has 0 aliphatic heterocycles. The molecule has 10 heteroatoms. The van der Waals surface area contributed by atoms with Crippen LogP contribution < -0.4 is 0 Å². The average molecular weight is 450 g/mol. The van der Waals surface area contributed by atoms with Crippen LogP contribution in [0.15, 0.2) is 54.6 Å². The van der Waals surface area contributed by atoms with Crippen LogP contribution in [0.1, 0.15) is 51.8 Å². The minimum absolute atomic E-state index is 0.0492. The number of hydrogen-bond acceptors (Lipinski definition) is 5. The number of benzene rings is 3. The van der Waals surface area contributed by atoms with Gasteiger partial charge in [0.05, 0.1) is 27.8 Å². The molecule has 3 aromatic carbocycles. The van der Waals surface area contributed by atoms with Gasteiger partial charge in [0.25, 0.3) is 0 Å². The Morgan fingerprint density at radius 3 is 1.21 bits per heavy atom. The maximum Gasteiger partial charge on any atom is 0.336 e. The van der Waals surface area contributed by atoms with Crippen LogP contribution in [0.3, 0.4) is 0 Å². The maximum atomic E-state index is 11.8. The van der Waals surface area contributed by atoms with Crippen molar-refractivity contribution in [2.45, 2.75) is 0 Å². The Labute approximate surface area is 184 Å². The molecule has 0 aliphatic carbocycles. The Morgan fingerprint density at radius 1 is 0.424 bits per heavy atom. The van der Waals surface area contributed by atoms with Gasteiger partial charge in [0, 0.05) is 0 Å². The number of carbonyl (C=O) groups is 5. The first-order valence-electron chi connectivity index (χ1n) is 9.10. The van der Waals surface area contributed by atoms with Crippen LogP contribution in [-0.2, 0) is 0 Å². The van der Waals surface area contributed by atoms with Gasteiger partial charge in [0.2, 0.25) is 0 Å². The monoisotopic (exact) mass is 450 g/mol. The van der Waals surface area contributed by atoms with Gasteiger partial charge in [0.1, 0.15) is 0 Å². The zero-order valence-electron chi connectivity index (χ0n) is 16.5. The molecule has 5 N–H and O–H groups in total. The van der Waals surface area contributed by atoms with E-state index in [2.05, 4.69) is 0 Å². The minimum Gasteiger partial charge on any atom is -0.478 e. The topological polar surface area (TPSA) is 186 Å². The highest BCUT2D eigenvalue weighted by molar-refractivity contribution is 6.05. The molecule has 0 aliphatic rings. The highest BCUT2D eigenvalue weighted by Crippen LogP contribution is 2.34. The van der Waals surface area contributed by atoms with Gasteiger partial charge < -0.3 is 25.5 Å². The van der Waals surface area contributed by atoms with E-state index in [9.17, 15) is 49.5 Å². The molecule has 10 nitrogen and oxygen atoms in total. The van der Waals surface area contributed by atoms with Crippen molar-refractivity contribution in [3.63, 3.8) is 0 Å². The Hall–Kier alpha value is -4.99. The largest absolute Gasteiger partial charge is 0.478 e. The van der Waals surface area contributed by atoms with Crippen LogP contribution >= 0.6 is 0 Å². The molecule has 0 radical (unpaired) electrons. The average Bonchev–Trinajstić information content (AvgIpc) is 2.77. The zero-order valence-corrected chi connectivity index (χ0v) is 16.5. The third-order valence-corrected chi connectivity index (χ3v) is 4.85. The second-order valence-corrected chi connectivity index (χ2v) is 6.81. The van der Waals surface area contributed by atoms with Crippen molar-refractivity contribution < 1.29 is 49.5 Å². The van der Waals surface area contributed by atoms with Crippen LogP contribution in [0.5, 0.6) is 0 Å². The number of carboxylic acids is 5. The fraction of sp³-hybridized carbons (Fsp3) is 0. The van der Waals surface area contributed by atoms with E-state index in [0.29, 0.717) is 0 Å². The van der Waals surface area contributed by atoms with Crippen molar-refractivity contribution in [2.24, 2.45) is 0 Å². The molecule has 0 saturated carbocycles. The zero-order chi connectivity index (χ0) is 24.4. The van der Waals surface area contributed by atoms with E-state index in [1.165, 1.54) is 12.1 Å². The van der Waals surface area contributed by atoms with Crippen LogP contribution in [-0.4, -0.2) is 55.4 Å². The quantitative estimate of drug-likeness (QED) is 0.356. The lowest BCUT2D eigenvalue weighted by atomic mass is 9.89. The summed E-state index contributed by atoms with van der Waals surface area (Å²) in [6, 6.07) is 9.89. The first kappa shape index (κ1) is 22.7. The van der Waals surface area contributed by atoms with E-state index in [1.807, 2.05) is 0 Å². The number of aromatic carboxylic acids is 5. The molecule has 0 saturated heterocycles. The fourth-order valence-electron chi connectivity index (χ4n) is 3.31. The van der Waals surface area contributed by atoms with Crippen LogP contribution in [0.4, 0.5) is 0 Å². The Kier molecular flexibility index (Phi) is 5.93. The van der Waals surface area contributed by atoms with Gasteiger partial charge in [-0.05, 0) is 70.8 Å². The van der Waals surface area contributed by atoms with Gasteiger partial charge in [-0.15, -0.1) is 0 Å². The molecule has 0 unspecified atom stereocenters. The predicted molar refractivity (Wildman–Crippen MR) is 112 cm³/mol. The van der Waals surface area contributed by atoms with Crippen molar-refractivity contribution in [3.05, 3.63) is 82.4 Å². The van der Waals surface area contributed by atoms with Crippen molar-refractivity contribution >= 4 is 29.8 Å². The Bertz CT molecular complexity index is 1350. The number of rotatable bonds is 7. The summed E-state index contributed by atoms with van der Waals surface area (Å²) >= 11 is 0. The van der Waals surface area contributed by atoms with Gasteiger partial charge >= 0.3 is 29.8 Å². The smallest absolute Gasteiger partial charge is 0.336 e. The number of carboxylic acid groups (broad SMARTS) is 5. The van der Waals surface area contributed by atoms with Crippen LogP contribution in [0.25, 0.3) is 22.3 Å². The van der Waals surface area contributed by atoms with Gasteiger partial charge in [-0.3, -0.25) is 0 Å². The summed E-state index contributed by atoms with van der Waals surface area (Å²) in [5, 5.41) is 47.2. The van der Waals surface area contributed by atoms with E-state index >= 15 is 0 Å². The molecule has 0 bridgehead atoms. The molecule has 0 amide bonds. The third kappa shape index (κ3) is 4.39. The summed E-state index contributed by atoms with van der Waals surface area (Å²) in [5.41, 5.74) is -1.89. The highest BCUT2D eigenvalue weighted by Gasteiger charge is 2.22. The molecule has 3 rings (SSSR count). The summed E-state index contributed by atoms with van der Waals surface area (Å²) in [6.07, 6.45) is 0. The van der Waals surface area contributed by atoms with E-state index in [-0.39, 0.29) is 50.1 Å². The van der Waals surface area contributed by atoms with Gasteiger partial charge in [-0.25, -0.2) is 24.0 Å². The molecule has 0 spiro atoms. The molecule has 0 heterocycles. The van der Waals surface area contributed by atoms with E-state index in [1.54, 1.807) is 0 Å². The predicted octanol–water partition coefficient (Wildman–Crippen LogP) is 3.51. The van der Waals surface area contributed by atoms with Crippen molar-refractivity contribution in [1.82, 2.24) is 0 Å². The van der Waals surface area contributed by atoms with Gasteiger partial charge in [0.15, 0.2) is 0 Å². The van der Waals surface area contributed by atoms with E-state index in [4.69, 9.17) is 0 Å². The SMILES string of the molecule is O=C(O)c1ccc(C(=O)O)c(-c2ccc(C(=O)O)c(-c3cc(C(=O)O)ccc3C(=O)O)c2)c1. The summed E-state index contributed by atoms with van der Waals surface area (Å²) in [4.78, 5) is 58.0. The lowest BCUT2D eigenvalue weighted by molar-refractivity contribution is 0.0681. The lowest BCUT2D eigenvalue weighted by Gasteiger charge is -2.14. The standard InChI is InChI=1S/C23H14O10/c24-19(25)11-2-5-13(21(28)29)16(8-11)10-1-4-14(22(30)31)17(7-10)18-9-12(20(26)27)3-6-15(18)23(32)33/h1-9H,(H,24,25)(H,26,27)(H,28,29)(H,30,31)(H,32,33). The van der Waals surface area contributed by atoms with E-state index < -0.39 is 29.8 Å².